The first-order valence-electron chi connectivity index (χ1n) is 9.50. The van der Waals surface area contributed by atoms with Crippen LogP contribution in [0.25, 0.3) is 11.1 Å². The van der Waals surface area contributed by atoms with Gasteiger partial charge in [-0.2, -0.15) is 18.3 Å². The van der Waals surface area contributed by atoms with Gasteiger partial charge in [-0.25, -0.2) is 4.79 Å². The SMILES string of the molecule is CCn1cc(-c2ccccc2C2CN(C(=O)O)Cc3sc(C)cc32)c(C(F)(F)F)n1. The van der Waals surface area contributed by atoms with Crippen LogP contribution in [0.1, 0.15) is 39.4 Å². The molecule has 1 atom stereocenters. The number of rotatable bonds is 3. The van der Waals surface area contributed by atoms with E-state index in [2.05, 4.69) is 5.10 Å². The normalized spacial score (nSPS) is 16.6. The lowest BCUT2D eigenvalue weighted by atomic mass is 9.84. The van der Waals surface area contributed by atoms with Crippen molar-refractivity contribution in [1.82, 2.24) is 14.7 Å². The van der Waals surface area contributed by atoms with Gasteiger partial charge in [0.2, 0.25) is 0 Å². The van der Waals surface area contributed by atoms with Crippen LogP contribution >= 0.6 is 11.3 Å². The maximum Gasteiger partial charge on any atom is 0.435 e. The molecule has 1 aromatic carbocycles. The molecule has 0 radical (unpaired) electrons. The third-order valence-corrected chi connectivity index (χ3v) is 6.38. The van der Waals surface area contributed by atoms with Gasteiger partial charge >= 0.3 is 12.3 Å². The van der Waals surface area contributed by atoms with Crippen LogP contribution in [0.3, 0.4) is 0 Å². The summed E-state index contributed by atoms with van der Waals surface area (Å²) in [6.07, 6.45) is -4.21. The second-order valence-electron chi connectivity index (χ2n) is 7.28. The molecule has 0 saturated heterocycles. The highest BCUT2D eigenvalue weighted by molar-refractivity contribution is 7.12. The Hall–Kier alpha value is -2.81. The number of thiophene rings is 1. The molecule has 0 bridgehead atoms. The summed E-state index contributed by atoms with van der Waals surface area (Å²) in [5, 5.41) is 13.3. The number of alkyl halides is 3. The summed E-state index contributed by atoms with van der Waals surface area (Å²) in [5.74, 6) is -0.350. The monoisotopic (exact) mass is 435 g/mol. The molecule has 0 fully saturated rings. The van der Waals surface area contributed by atoms with E-state index in [0.29, 0.717) is 24.2 Å². The number of fused-ring (bicyclic) bond motifs is 1. The molecule has 0 saturated carbocycles. The van der Waals surface area contributed by atoms with E-state index in [9.17, 15) is 23.1 Å². The Kier molecular flexibility index (Phi) is 5.09. The third-order valence-electron chi connectivity index (χ3n) is 5.33. The van der Waals surface area contributed by atoms with Gasteiger partial charge in [0, 0.05) is 40.5 Å². The van der Waals surface area contributed by atoms with Crippen LogP contribution in [0.5, 0.6) is 0 Å². The van der Waals surface area contributed by atoms with Gasteiger partial charge in [-0.15, -0.1) is 11.3 Å². The molecule has 1 aliphatic heterocycles. The predicted octanol–water partition coefficient (Wildman–Crippen LogP) is 5.58. The minimum Gasteiger partial charge on any atom is -0.465 e. The summed E-state index contributed by atoms with van der Waals surface area (Å²) in [6.45, 7) is 4.48. The van der Waals surface area contributed by atoms with Crippen molar-refractivity contribution in [1.29, 1.82) is 0 Å². The van der Waals surface area contributed by atoms with Gasteiger partial charge in [0.1, 0.15) is 0 Å². The highest BCUT2D eigenvalue weighted by Gasteiger charge is 2.39. The minimum atomic E-state index is -4.59. The van der Waals surface area contributed by atoms with E-state index in [-0.39, 0.29) is 18.0 Å². The molecule has 5 nitrogen and oxygen atoms in total. The predicted molar refractivity (Wildman–Crippen MR) is 108 cm³/mol. The quantitative estimate of drug-likeness (QED) is 0.584. The number of aryl methyl sites for hydroxylation is 2. The van der Waals surface area contributed by atoms with Crippen molar-refractivity contribution >= 4 is 17.4 Å². The summed E-state index contributed by atoms with van der Waals surface area (Å²) in [7, 11) is 0. The first-order valence-corrected chi connectivity index (χ1v) is 10.3. The van der Waals surface area contributed by atoms with Gasteiger partial charge in [-0.05, 0) is 36.6 Å². The zero-order valence-electron chi connectivity index (χ0n) is 16.4. The summed E-state index contributed by atoms with van der Waals surface area (Å²) in [5.41, 5.74) is 1.17. The summed E-state index contributed by atoms with van der Waals surface area (Å²) in [4.78, 5) is 15.0. The van der Waals surface area contributed by atoms with Crippen molar-refractivity contribution in [2.24, 2.45) is 0 Å². The van der Waals surface area contributed by atoms with Crippen LogP contribution in [0.2, 0.25) is 0 Å². The van der Waals surface area contributed by atoms with Gasteiger partial charge in [0.05, 0.1) is 6.54 Å². The Morgan fingerprint density at radius 1 is 1.27 bits per heavy atom. The van der Waals surface area contributed by atoms with Gasteiger partial charge in [-0.3, -0.25) is 4.68 Å². The molecule has 0 aliphatic carbocycles. The molecule has 30 heavy (non-hydrogen) atoms. The molecule has 0 spiro atoms. The highest BCUT2D eigenvalue weighted by Crippen LogP contribution is 2.44. The van der Waals surface area contributed by atoms with Crippen molar-refractivity contribution in [2.75, 3.05) is 6.54 Å². The van der Waals surface area contributed by atoms with E-state index in [1.807, 2.05) is 13.0 Å². The zero-order valence-corrected chi connectivity index (χ0v) is 17.2. The average molecular weight is 435 g/mol. The topological polar surface area (TPSA) is 58.4 Å². The number of hydrogen-bond acceptors (Lipinski definition) is 3. The molecular weight excluding hydrogens is 415 g/mol. The fourth-order valence-electron chi connectivity index (χ4n) is 4.00. The van der Waals surface area contributed by atoms with Gasteiger partial charge in [-0.1, -0.05) is 24.3 Å². The molecule has 158 valence electrons. The number of hydrogen-bond donors (Lipinski definition) is 1. The van der Waals surface area contributed by atoms with Crippen molar-refractivity contribution in [3.05, 3.63) is 63.1 Å². The van der Waals surface area contributed by atoms with Gasteiger partial charge in [0.25, 0.3) is 0 Å². The van der Waals surface area contributed by atoms with E-state index < -0.39 is 18.0 Å². The number of nitrogens with zero attached hydrogens (tertiary/aromatic N) is 3. The van der Waals surface area contributed by atoms with E-state index in [4.69, 9.17) is 0 Å². The third kappa shape index (κ3) is 3.58. The van der Waals surface area contributed by atoms with E-state index in [1.54, 1.807) is 31.2 Å². The van der Waals surface area contributed by atoms with Crippen LogP contribution in [0, 0.1) is 6.92 Å². The molecule has 1 amide bonds. The standard InChI is InChI=1S/C21H20F3N3O2S/c1-3-27-10-17(19(25-27)21(22,23)24)14-7-5-4-6-13(14)16-9-26(20(28)29)11-18-15(16)8-12(2)30-18/h4-8,10,16H,3,9,11H2,1-2H3,(H,28,29). The number of halogens is 3. The zero-order chi connectivity index (χ0) is 21.6. The van der Waals surface area contributed by atoms with Gasteiger partial charge in [0.15, 0.2) is 5.69 Å². The maximum absolute atomic E-state index is 13.7. The lowest BCUT2D eigenvalue weighted by Gasteiger charge is -2.32. The van der Waals surface area contributed by atoms with Crippen LogP contribution in [-0.4, -0.2) is 32.4 Å². The van der Waals surface area contributed by atoms with Crippen molar-refractivity contribution in [3.63, 3.8) is 0 Å². The minimum absolute atomic E-state index is 0.0147. The summed E-state index contributed by atoms with van der Waals surface area (Å²) in [6, 6.07) is 8.92. The lowest BCUT2D eigenvalue weighted by Crippen LogP contribution is -2.37. The molecule has 3 heterocycles. The maximum atomic E-state index is 13.7. The Bertz CT molecular complexity index is 1100. The smallest absolute Gasteiger partial charge is 0.435 e. The van der Waals surface area contributed by atoms with Crippen LogP contribution in [0.4, 0.5) is 18.0 Å². The molecule has 9 heteroatoms. The van der Waals surface area contributed by atoms with Crippen molar-refractivity contribution in [2.45, 2.75) is 39.0 Å². The molecule has 1 N–H and O–H groups in total. The lowest BCUT2D eigenvalue weighted by molar-refractivity contribution is -0.141. The Morgan fingerprint density at radius 2 is 2.00 bits per heavy atom. The second kappa shape index (κ2) is 7.46. The fraction of sp³-hybridized carbons (Fsp3) is 0.333. The summed E-state index contributed by atoms with van der Waals surface area (Å²) >= 11 is 1.53. The van der Waals surface area contributed by atoms with E-state index in [0.717, 1.165) is 15.3 Å². The van der Waals surface area contributed by atoms with Crippen LogP contribution in [0.15, 0.2) is 36.5 Å². The van der Waals surface area contributed by atoms with Crippen LogP contribution in [-0.2, 0) is 19.3 Å². The molecule has 1 aliphatic rings. The largest absolute Gasteiger partial charge is 0.465 e. The number of aromatic nitrogens is 2. The van der Waals surface area contributed by atoms with E-state index >= 15 is 0 Å². The Morgan fingerprint density at radius 3 is 2.67 bits per heavy atom. The second-order valence-corrected chi connectivity index (χ2v) is 8.62. The fourth-order valence-corrected chi connectivity index (χ4v) is 5.12. The molecule has 2 aromatic heterocycles. The number of benzene rings is 1. The van der Waals surface area contributed by atoms with Crippen molar-refractivity contribution < 1.29 is 23.1 Å². The number of carboxylic acid groups (broad SMARTS) is 1. The van der Waals surface area contributed by atoms with Crippen LogP contribution < -0.4 is 0 Å². The first kappa shape index (κ1) is 20.5. The molecule has 4 rings (SSSR count). The molecule has 1 unspecified atom stereocenters. The number of amides is 1. The Balaban J connectivity index is 1.90. The molecular formula is C21H20F3N3O2S. The number of carbonyl (C=O) groups is 1. The Labute approximate surface area is 175 Å². The molecule has 3 aromatic rings. The van der Waals surface area contributed by atoms with Gasteiger partial charge < -0.3 is 10.0 Å². The first-order chi connectivity index (χ1) is 14.2. The van der Waals surface area contributed by atoms with E-state index in [1.165, 1.54) is 27.1 Å². The highest BCUT2D eigenvalue weighted by atomic mass is 32.1. The summed E-state index contributed by atoms with van der Waals surface area (Å²) < 4.78 is 42.4. The average Bonchev–Trinajstić information content (AvgIpc) is 3.29. The van der Waals surface area contributed by atoms with Crippen molar-refractivity contribution in [3.8, 4) is 11.1 Å².